The quantitative estimate of drug-likeness (QED) is 0.373. The van der Waals surface area contributed by atoms with Crippen molar-refractivity contribution < 1.29 is 35.9 Å². The van der Waals surface area contributed by atoms with Crippen molar-refractivity contribution in [2.75, 3.05) is 19.6 Å². The summed E-state index contributed by atoms with van der Waals surface area (Å²) in [6.07, 6.45) is -8.57. The number of carbonyl (C=O) groups excluding carboxylic acids is 2. The van der Waals surface area contributed by atoms with Crippen LogP contribution in [0.3, 0.4) is 0 Å². The molecule has 11 heteroatoms. The number of benzene rings is 2. The summed E-state index contributed by atoms with van der Waals surface area (Å²) in [6, 6.07) is 10.0. The molecule has 1 aliphatic heterocycles. The van der Waals surface area contributed by atoms with Gasteiger partial charge in [-0.25, -0.2) is 4.98 Å². The average molecular weight is 535 g/mol. The fraction of sp³-hybridized carbons (Fsp3) is 0.296. The van der Waals surface area contributed by atoms with Gasteiger partial charge < -0.3 is 9.80 Å². The number of alkyl halides is 6. The van der Waals surface area contributed by atoms with Gasteiger partial charge in [0.25, 0.3) is 11.8 Å². The zero-order valence-corrected chi connectivity index (χ0v) is 20.5. The number of aromatic nitrogens is 1. The summed E-state index contributed by atoms with van der Waals surface area (Å²) in [5.41, 5.74) is -1.79. The maximum absolute atomic E-state index is 13.9. The molecule has 200 valence electrons. The Balaban J connectivity index is 1.87. The summed E-state index contributed by atoms with van der Waals surface area (Å²) < 4.78 is 80.6. The Morgan fingerprint density at radius 3 is 1.95 bits per heavy atom. The molecule has 2 amide bonds. The molecule has 0 aliphatic carbocycles. The molecule has 0 N–H and O–H groups in total. The van der Waals surface area contributed by atoms with Crippen molar-refractivity contribution in [3.05, 3.63) is 88.2 Å². The second-order valence-electron chi connectivity index (χ2n) is 8.93. The number of nitrogens with zero attached hydrogens (tertiary/aromatic N) is 3. The van der Waals surface area contributed by atoms with Crippen LogP contribution in [-0.4, -0.2) is 46.2 Å². The molecule has 1 aliphatic rings. The van der Waals surface area contributed by atoms with E-state index in [1.54, 1.807) is 44.2 Å². The number of amides is 2. The standard InChI is InChI=1S/C27H23F6N3O2/c1-3-35-9-10-36(15-17-11-19(26(28,29)30)13-20(12-17)27(31,32)33)24(37)22-21(18-7-5-4-6-8-18)16(2)14-34-23(22)25(35)38/h4-8,11-14H,3,9-10,15H2,1-2H3. The Morgan fingerprint density at radius 2 is 1.39 bits per heavy atom. The second-order valence-corrected chi connectivity index (χ2v) is 8.93. The Morgan fingerprint density at radius 1 is 0.816 bits per heavy atom. The van der Waals surface area contributed by atoms with Crippen molar-refractivity contribution in [1.29, 1.82) is 0 Å². The maximum atomic E-state index is 13.9. The Kier molecular flexibility index (Phi) is 7.22. The van der Waals surface area contributed by atoms with Crippen LogP contribution in [0.2, 0.25) is 0 Å². The van der Waals surface area contributed by atoms with Crippen LogP contribution >= 0.6 is 0 Å². The van der Waals surface area contributed by atoms with E-state index in [4.69, 9.17) is 0 Å². The summed E-state index contributed by atoms with van der Waals surface area (Å²) in [7, 11) is 0. The number of aryl methyl sites for hydroxylation is 1. The topological polar surface area (TPSA) is 53.5 Å². The lowest BCUT2D eigenvalue weighted by Crippen LogP contribution is -2.45. The number of pyridine rings is 1. The van der Waals surface area contributed by atoms with Gasteiger partial charge in [-0.1, -0.05) is 30.3 Å². The van der Waals surface area contributed by atoms with Crippen molar-refractivity contribution in [2.45, 2.75) is 32.7 Å². The average Bonchev–Trinajstić information content (AvgIpc) is 2.86. The van der Waals surface area contributed by atoms with E-state index in [1.165, 1.54) is 11.1 Å². The van der Waals surface area contributed by atoms with Gasteiger partial charge in [0.05, 0.1) is 16.7 Å². The van der Waals surface area contributed by atoms with Gasteiger partial charge in [-0.2, -0.15) is 26.3 Å². The van der Waals surface area contributed by atoms with Crippen LogP contribution in [-0.2, 0) is 18.9 Å². The third-order valence-corrected chi connectivity index (χ3v) is 6.36. The van der Waals surface area contributed by atoms with Gasteiger partial charge in [0.2, 0.25) is 0 Å². The van der Waals surface area contributed by atoms with Crippen molar-refractivity contribution in [3.63, 3.8) is 0 Å². The van der Waals surface area contributed by atoms with Gasteiger partial charge in [0, 0.05) is 37.9 Å². The van der Waals surface area contributed by atoms with E-state index in [2.05, 4.69) is 4.98 Å². The van der Waals surface area contributed by atoms with E-state index in [9.17, 15) is 35.9 Å². The molecule has 0 saturated heterocycles. The SMILES string of the molecule is CCN1CCN(Cc2cc(C(F)(F)F)cc(C(F)(F)F)c2)C(=O)c2c(ncc(C)c2-c2ccccc2)C1=O. The lowest BCUT2D eigenvalue weighted by atomic mass is 9.93. The number of fused-ring (bicyclic) bond motifs is 1. The number of carbonyl (C=O) groups is 2. The van der Waals surface area contributed by atoms with Gasteiger partial charge in [0.1, 0.15) is 5.69 Å². The van der Waals surface area contributed by atoms with Gasteiger partial charge in [0.15, 0.2) is 0 Å². The molecule has 0 atom stereocenters. The molecule has 38 heavy (non-hydrogen) atoms. The number of hydrogen-bond acceptors (Lipinski definition) is 3. The Labute approximate surface area is 214 Å². The first-order chi connectivity index (χ1) is 17.8. The summed E-state index contributed by atoms with van der Waals surface area (Å²) >= 11 is 0. The highest BCUT2D eigenvalue weighted by atomic mass is 19.4. The van der Waals surface area contributed by atoms with E-state index in [0.29, 0.717) is 28.8 Å². The van der Waals surface area contributed by atoms with E-state index >= 15 is 0 Å². The van der Waals surface area contributed by atoms with E-state index in [-0.39, 0.29) is 42.5 Å². The first-order valence-corrected chi connectivity index (χ1v) is 11.7. The Bertz CT molecular complexity index is 1340. The fourth-order valence-electron chi connectivity index (χ4n) is 4.49. The minimum Gasteiger partial charge on any atom is -0.336 e. The Hall–Kier alpha value is -3.89. The highest BCUT2D eigenvalue weighted by Gasteiger charge is 2.38. The molecule has 0 spiro atoms. The normalized spacial score (nSPS) is 14.8. The third kappa shape index (κ3) is 5.36. The third-order valence-electron chi connectivity index (χ3n) is 6.36. The maximum Gasteiger partial charge on any atom is 0.416 e. The van der Waals surface area contributed by atoms with Crippen LogP contribution in [0.25, 0.3) is 11.1 Å². The molecule has 0 radical (unpaired) electrons. The van der Waals surface area contributed by atoms with E-state index < -0.39 is 41.8 Å². The van der Waals surface area contributed by atoms with Crippen LogP contribution < -0.4 is 0 Å². The molecule has 2 aromatic carbocycles. The molecule has 3 aromatic rings. The zero-order valence-electron chi connectivity index (χ0n) is 20.5. The van der Waals surface area contributed by atoms with Crippen LogP contribution in [0.1, 0.15) is 50.0 Å². The summed E-state index contributed by atoms with van der Waals surface area (Å²) in [5, 5.41) is 0. The van der Waals surface area contributed by atoms with Gasteiger partial charge in [-0.3, -0.25) is 9.59 Å². The summed E-state index contributed by atoms with van der Waals surface area (Å²) in [4.78, 5) is 34.0. The molecular formula is C27H23F6N3O2. The molecule has 1 aromatic heterocycles. The lowest BCUT2D eigenvalue weighted by molar-refractivity contribution is -0.143. The minimum absolute atomic E-state index is 0.0296. The van der Waals surface area contributed by atoms with Crippen molar-refractivity contribution in [2.24, 2.45) is 0 Å². The van der Waals surface area contributed by atoms with Crippen LogP contribution in [0.5, 0.6) is 0 Å². The van der Waals surface area contributed by atoms with Gasteiger partial charge in [-0.15, -0.1) is 0 Å². The lowest BCUT2D eigenvalue weighted by Gasteiger charge is -2.32. The van der Waals surface area contributed by atoms with Crippen molar-refractivity contribution >= 4 is 11.8 Å². The molecule has 5 nitrogen and oxygen atoms in total. The smallest absolute Gasteiger partial charge is 0.336 e. The first kappa shape index (κ1) is 27.2. The number of likely N-dealkylation sites (N-methyl/N-ethyl adjacent to an activating group) is 1. The number of hydrogen-bond donors (Lipinski definition) is 0. The second kappa shape index (κ2) is 10.1. The molecule has 0 saturated carbocycles. The number of halogens is 6. The predicted octanol–water partition coefficient (Wildman–Crippen LogP) is 6.21. The fourth-order valence-corrected chi connectivity index (χ4v) is 4.49. The van der Waals surface area contributed by atoms with E-state index in [0.717, 1.165) is 4.90 Å². The van der Waals surface area contributed by atoms with Crippen LogP contribution in [0.15, 0.2) is 54.7 Å². The van der Waals surface area contributed by atoms with Crippen LogP contribution in [0, 0.1) is 6.92 Å². The molecule has 2 heterocycles. The molecule has 0 bridgehead atoms. The minimum atomic E-state index is -5.02. The zero-order chi connectivity index (χ0) is 27.8. The highest BCUT2D eigenvalue weighted by molar-refractivity contribution is 6.11. The van der Waals surface area contributed by atoms with Gasteiger partial charge in [-0.05, 0) is 48.7 Å². The van der Waals surface area contributed by atoms with Crippen molar-refractivity contribution in [3.8, 4) is 11.1 Å². The largest absolute Gasteiger partial charge is 0.416 e. The number of rotatable bonds is 4. The van der Waals surface area contributed by atoms with Gasteiger partial charge >= 0.3 is 12.4 Å². The molecule has 0 fully saturated rings. The predicted molar refractivity (Wildman–Crippen MR) is 127 cm³/mol. The summed E-state index contributed by atoms with van der Waals surface area (Å²) in [5.74, 6) is -1.18. The molecule has 4 rings (SSSR count). The highest BCUT2D eigenvalue weighted by Crippen LogP contribution is 2.37. The van der Waals surface area contributed by atoms with Crippen molar-refractivity contribution in [1.82, 2.24) is 14.8 Å². The molecule has 0 unspecified atom stereocenters. The van der Waals surface area contributed by atoms with Crippen LogP contribution in [0.4, 0.5) is 26.3 Å². The first-order valence-electron chi connectivity index (χ1n) is 11.7. The summed E-state index contributed by atoms with van der Waals surface area (Å²) in [6.45, 7) is 3.09. The van der Waals surface area contributed by atoms with E-state index in [1.807, 2.05) is 0 Å². The molecular weight excluding hydrogens is 512 g/mol. The monoisotopic (exact) mass is 535 g/mol.